The molecule has 0 bridgehead atoms. The predicted octanol–water partition coefficient (Wildman–Crippen LogP) is 1.52. The molecule has 5 heteroatoms. The van der Waals surface area contributed by atoms with Crippen molar-refractivity contribution in [2.45, 2.75) is 32.4 Å². The van der Waals surface area contributed by atoms with Crippen molar-refractivity contribution in [3.63, 3.8) is 0 Å². The highest BCUT2D eigenvalue weighted by molar-refractivity contribution is 5.80. The van der Waals surface area contributed by atoms with Crippen LogP contribution < -0.4 is 0 Å². The quantitative estimate of drug-likeness (QED) is 0.849. The Kier molecular flexibility index (Phi) is 3.57. The van der Waals surface area contributed by atoms with Crippen molar-refractivity contribution in [2.75, 3.05) is 7.11 Å². The average Bonchev–Trinajstić information content (AvgIpc) is 2.75. The Morgan fingerprint density at radius 1 is 1.47 bits per heavy atom. The first-order valence-electron chi connectivity index (χ1n) is 6.24. The van der Waals surface area contributed by atoms with Crippen LogP contribution in [-0.2, 0) is 22.5 Å². The van der Waals surface area contributed by atoms with Crippen LogP contribution in [0, 0.1) is 0 Å². The highest BCUT2D eigenvalue weighted by Crippen LogP contribution is 2.20. The summed E-state index contributed by atoms with van der Waals surface area (Å²) in [5.41, 5.74) is 0.200. The number of rotatable bonds is 4. The fourth-order valence-corrected chi connectivity index (χ4v) is 2.16. The molecule has 2 rings (SSSR count). The highest BCUT2D eigenvalue weighted by Gasteiger charge is 2.33. The average molecular weight is 262 g/mol. The van der Waals surface area contributed by atoms with Crippen LogP contribution in [0.25, 0.3) is 11.0 Å². The lowest BCUT2D eigenvalue weighted by Gasteiger charge is -2.22. The summed E-state index contributed by atoms with van der Waals surface area (Å²) in [6, 6.07) is 7.66. The second kappa shape index (κ2) is 5.01. The summed E-state index contributed by atoms with van der Waals surface area (Å²) in [4.78, 5) is 16.1. The van der Waals surface area contributed by atoms with Crippen LogP contribution in [0.1, 0.15) is 19.7 Å². The molecule has 1 aromatic carbocycles. The number of hydrogen-bond acceptors (Lipinski definition) is 4. The van der Waals surface area contributed by atoms with Gasteiger partial charge in [-0.2, -0.15) is 0 Å². The van der Waals surface area contributed by atoms with E-state index in [2.05, 4.69) is 9.72 Å². The summed E-state index contributed by atoms with van der Waals surface area (Å²) in [6.07, 6.45) is 0.728. The van der Waals surface area contributed by atoms with Crippen LogP contribution in [0.2, 0.25) is 0 Å². The number of para-hydroxylation sites is 2. The molecule has 0 radical (unpaired) electrons. The smallest absolute Gasteiger partial charge is 0.339 e. The molecule has 0 aliphatic rings. The Morgan fingerprint density at radius 2 is 2.16 bits per heavy atom. The van der Waals surface area contributed by atoms with Gasteiger partial charge in [0.2, 0.25) is 0 Å². The second-order valence-corrected chi connectivity index (χ2v) is 4.72. The van der Waals surface area contributed by atoms with Gasteiger partial charge in [0.05, 0.1) is 24.7 Å². The number of hydrogen-bond donors (Lipinski definition) is 1. The summed E-state index contributed by atoms with van der Waals surface area (Å²) in [5.74, 6) is 0.192. The molecule has 1 atom stereocenters. The Bertz CT molecular complexity index is 602. The van der Waals surface area contributed by atoms with E-state index in [1.165, 1.54) is 14.0 Å². The van der Waals surface area contributed by atoms with Crippen molar-refractivity contribution in [3.8, 4) is 0 Å². The van der Waals surface area contributed by atoms with Gasteiger partial charge in [0.15, 0.2) is 5.60 Å². The van der Waals surface area contributed by atoms with E-state index in [0.29, 0.717) is 0 Å². The molecule has 0 saturated heterocycles. The molecule has 0 aliphatic carbocycles. The molecule has 1 heterocycles. The maximum Gasteiger partial charge on any atom is 0.339 e. The van der Waals surface area contributed by atoms with E-state index in [9.17, 15) is 9.90 Å². The molecule has 1 unspecified atom stereocenters. The Morgan fingerprint density at radius 3 is 2.79 bits per heavy atom. The highest BCUT2D eigenvalue weighted by atomic mass is 16.5. The number of fused-ring (bicyclic) bond motifs is 1. The normalized spacial score (nSPS) is 14.3. The topological polar surface area (TPSA) is 64.3 Å². The second-order valence-electron chi connectivity index (χ2n) is 4.72. The van der Waals surface area contributed by atoms with E-state index in [4.69, 9.17) is 0 Å². The zero-order valence-electron chi connectivity index (χ0n) is 11.4. The molecule has 0 saturated carbocycles. The van der Waals surface area contributed by atoms with Crippen LogP contribution in [0.5, 0.6) is 0 Å². The van der Waals surface area contributed by atoms with E-state index in [-0.39, 0.29) is 6.54 Å². The Balaban J connectivity index is 2.47. The van der Waals surface area contributed by atoms with Crippen LogP contribution in [0.4, 0.5) is 0 Å². The number of nitrogens with zero attached hydrogens (tertiary/aromatic N) is 2. The number of ether oxygens (including phenoxy) is 1. The summed E-state index contributed by atoms with van der Waals surface area (Å²) in [5, 5.41) is 10.2. The minimum atomic E-state index is -1.57. The molecule has 0 fully saturated rings. The number of carbonyl (C=O) groups is 1. The number of aliphatic hydroxyl groups is 1. The van der Waals surface area contributed by atoms with E-state index >= 15 is 0 Å². The van der Waals surface area contributed by atoms with Gasteiger partial charge in [0.1, 0.15) is 5.82 Å². The fourth-order valence-electron chi connectivity index (χ4n) is 2.16. The number of aryl methyl sites for hydroxylation is 1. The van der Waals surface area contributed by atoms with Gasteiger partial charge in [-0.05, 0) is 19.1 Å². The number of carbonyl (C=O) groups excluding carboxylic acids is 1. The third-order valence-corrected chi connectivity index (χ3v) is 3.14. The minimum Gasteiger partial charge on any atom is -0.467 e. The third-order valence-electron chi connectivity index (χ3n) is 3.14. The minimum absolute atomic E-state index is 0.128. The molecule has 0 aliphatic heterocycles. The third kappa shape index (κ3) is 2.46. The SMILES string of the molecule is CCc1nc2ccccc2n1CC(C)(O)C(=O)OC. The number of esters is 1. The largest absolute Gasteiger partial charge is 0.467 e. The van der Waals surface area contributed by atoms with Crippen LogP contribution >= 0.6 is 0 Å². The van der Waals surface area contributed by atoms with Gasteiger partial charge in [-0.15, -0.1) is 0 Å². The Hall–Kier alpha value is -1.88. The zero-order chi connectivity index (χ0) is 14.0. The van der Waals surface area contributed by atoms with Crippen molar-refractivity contribution in [1.29, 1.82) is 0 Å². The molecule has 19 heavy (non-hydrogen) atoms. The van der Waals surface area contributed by atoms with Gasteiger partial charge in [-0.25, -0.2) is 9.78 Å². The summed E-state index contributed by atoms with van der Waals surface area (Å²) < 4.78 is 6.49. The van der Waals surface area contributed by atoms with Crippen molar-refractivity contribution >= 4 is 17.0 Å². The van der Waals surface area contributed by atoms with Crippen molar-refractivity contribution in [2.24, 2.45) is 0 Å². The fraction of sp³-hybridized carbons (Fsp3) is 0.429. The zero-order valence-corrected chi connectivity index (χ0v) is 11.4. The molecule has 5 nitrogen and oxygen atoms in total. The molecule has 1 N–H and O–H groups in total. The van der Waals surface area contributed by atoms with Gasteiger partial charge < -0.3 is 14.4 Å². The molecule has 0 spiro atoms. The number of aromatic nitrogens is 2. The lowest BCUT2D eigenvalue weighted by Crippen LogP contribution is -2.40. The molecule has 0 amide bonds. The van der Waals surface area contributed by atoms with Gasteiger partial charge in [-0.3, -0.25) is 0 Å². The van der Waals surface area contributed by atoms with Gasteiger partial charge in [0, 0.05) is 6.42 Å². The lowest BCUT2D eigenvalue weighted by molar-refractivity contribution is -0.161. The van der Waals surface area contributed by atoms with Gasteiger partial charge >= 0.3 is 5.97 Å². The first-order valence-corrected chi connectivity index (χ1v) is 6.24. The van der Waals surface area contributed by atoms with E-state index in [1.54, 1.807) is 0 Å². The number of benzene rings is 1. The molecular formula is C14H18N2O3. The maximum absolute atomic E-state index is 11.6. The molecule has 1 aromatic heterocycles. The van der Waals surface area contributed by atoms with Crippen LogP contribution in [-0.4, -0.2) is 33.3 Å². The standard InChI is InChI=1S/C14H18N2O3/c1-4-12-15-10-7-5-6-8-11(10)16(12)9-14(2,18)13(17)19-3/h5-8,18H,4,9H2,1-3H3. The maximum atomic E-state index is 11.6. The number of imidazole rings is 1. The van der Waals surface area contributed by atoms with E-state index in [1.807, 2.05) is 35.8 Å². The van der Waals surface area contributed by atoms with Gasteiger partial charge in [-0.1, -0.05) is 19.1 Å². The number of methoxy groups -OCH3 is 1. The summed E-state index contributed by atoms with van der Waals surface area (Å²) in [7, 11) is 1.27. The summed E-state index contributed by atoms with van der Waals surface area (Å²) >= 11 is 0. The van der Waals surface area contributed by atoms with Gasteiger partial charge in [0.25, 0.3) is 0 Å². The monoisotopic (exact) mass is 262 g/mol. The lowest BCUT2D eigenvalue weighted by atomic mass is 10.1. The first kappa shape index (κ1) is 13.5. The predicted molar refractivity (Wildman–Crippen MR) is 71.8 cm³/mol. The van der Waals surface area contributed by atoms with Crippen LogP contribution in [0.15, 0.2) is 24.3 Å². The van der Waals surface area contributed by atoms with Crippen molar-refractivity contribution in [3.05, 3.63) is 30.1 Å². The van der Waals surface area contributed by atoms with Crippen molar-refractivity contribution < 1.29 is 14.6 Å². The van der Waals surface area contributed by atoms with Crippen molar-refractivity contribution in [1.82, 2.24) is 9.55 Å². The summed E-state index contributed by atoms with van der Waals surface area (Å²) in [6.45, 7) is 3.57. The first-order chi connectivity index (χ1) is 8.99. The van der Waals surface area contributed by atoms with E-state index in [0.717, 1.165) is 23.3 Å². The molecule has 102 valence electrons. The molecular weight excluding hydrogens is 244 g/mol. The van der Waals surface area contributed by atoms with E-state index < -0.39 is 11.6 Å². The Labute approximate surface area is 111 Å². The molecule has 2 aromatic rings. The van der Waals surface area contributed by atoms with Crippen LogP contribution in [0.3, 0.4) is 0 Å².